The van der Waals surface area contributed by atoms with Crippen LogP contribution in [-0.4, -0.2) is 43.8 Å². The van der Waals surface area contributed by atoms with Crippen LogP contribution in [0.1, 0.15) is 33.1 Å². The number of nitrogens with two attached hydrogens (primary N) is 1. The Morgan fingerprint density at radius 1 is 1.40 bits per heavy atom. The van der Waals surface area contributed by atoms with Gasteiger partial charge in [-0.25, -0.2) is 0 Å². The predicted octanol–water partition coefficient (Wildman–Crippen LogP) is 1.47. The Kier molecular flexibility index (Phi) is 6.22. The molecule has 3 nitrogen and oxygen atoms in total. The van der Waals surface area contributed by atoms with Gasteiger partial charge in [-0.2, -0.15) is 0 Å². The van der Waals surface area contributed by atoms with Gasteiger partial charge in [-0.1, -0.05) is 13.8 Å². The van der Waals surface area contributed by atoms with Gasteiger partial charge in [0.05, 0.1) is 6.61 Å². The molecule has 1 saturated heterocycles. The number of likely N-dealkylation sites (tertiary alicyclic amines) is 1. The lowest BCUT2D eigenvalue weighted by Gasteiger charge is -2.30. The first-order chi connectivity index (χ1) is 7.18. The first kappa shape index (κ1) is 12.9. The molecule has 0 unspecified atom stereocenters. The predicted molar refractivity (Wildman–Crippen MR) is 63.9 cm³/mol. The number of rotatable bonds is 6. The van der Waals surface area contributed by atoms with Crippen LogP contribution in [0.4, 0.5) is 0 Å². The second kappa shape index (κ2) is 7.20. The van der Waals surface area contributed by atoms with Crippen LogP contribution < -0.4 is 5.73 Å². The molecule has 0 amide bonds. The Labute approximate surface area is 94.0 Å². The fourth-order valence-electron chi connectivity index (χ4n) is 1.91. The van der Waals surface area contributed by atoms with Crippen LogP contribution in [0.25, 0.3) is 0 Å². The highest BCUT2D eigenvalue weighted by molar-refractivity contribution is 4.74. The van der Waals surface area contributed by atoms with Gasteiger partial charge < -0.3 is 10.5 Å². The van der Waals surface area contributed by atoms with Crippen LogP contribution in [0.15, 0.2) is 0 Å². The maximum Gasteiger partial charge on any atom is 0.0593 e. The van der Waals surface area contributed by atoms with E-state index in [4.69, 9.17) is 10.5 Å². The van der Waals surface area contributed by atoms with Crippen molar-refractivity contribution in [1.82, 2.24) is 4.90 Å². The maximum atomic E-state index is 5.91. The second-order valence-corrected chi connectivity index (χ2v) is 5.00. The standard InChI is InChI=1S/C12H26N2O/c1-11(2)5-8-15-9-7-14-6-3-4-12(13)10-14/h11-12H,3-10,13H2,1-2H3/t12-/m1/s1. The molecule has 0 spiro atoms. The zero-order chi connectivity index (χ0) is 11.1. The van der Waals surface area contributed by atoms with Gasteiger partial charge in [-0.15, -0.1) is 0 Å². The molecule has 1 rings (SSSR count). The lowest BCUT2D eigenvalue weighted by Crippen LogP contribution is -2.44. The van der Waals surface area contributed by atoms with E-state index in [-0.39, 0.29) is 0 Å². The molecule has 1 aliphatic rings. The summed E-state index contributed by atoms with van der Waals surface area (Å²) >= 11 is 0. The minimum atomic E-state index is 0.384. The van der Waals surface area contributed by atoms with Crippen LogP contribution in [0.5, 0.6) is 0 Å². The lowest BCUT2D eigenvalue weighted by molar-refractivity contribution is 0.0868. The summed E-state index contributed by atoms with van der Waals surface area (Å²) < 4.78 is 5.60. The first-order valence-corrected chi connectivity index (χ1v) is 6.24. The van der Waals surface area contributed by atoms with Crippen molar-refractivity contribution in [2.24, 2.45) is 11.7 Å². The van der Waals surface area contributed by atoms with Crippen molar-refractivity contribution in [1.29, 1.82) is 0 Å². The summed E-state index contributed by atoms with van der Waals surface area (Å²) in [4.78, 5) is 2.42. The summed E-state index contributed by atoms with van der Waals surface area (Å²) in [5.41, 5.74) is 5.91. The van der Waals surface area contributed by atoms with Crippen LogP contribution >= 0.6 is 0 Å². The number of hydrogen-bond acceptors (Lipinski definition) is 3. The molecule has 90 valence electrons. The third-order valence-electron chi connectivity index (χ3n) is 2.93. The van der Waals surface area contributed by atoms with Gasteiger partial charge in [0.25, 0.3) is 0 Å². The summed E-state index contributed by atoms with van der Waals surface area (Å²) in [7, 11) is 0. The normalized spacial score (nSPS) is 23.6. The quantitative estimate of drug-likeness (QED) is 0.681. The summed E-state index contributed by atoms with van der Waals surface area (Å²) in [6.45, 7) is 9.51. The van der Waals surface area contributed by atoms with E-state index in [0.717, 1.165) is 32.2 Å². The van der Waals surface area contributed by atoms with E-state index in [2.05, 4.69) is 18.7 Å². The zero-order valence-electron chi connectivity index (χ0n) is 10.2. The maximum absolute atomic E-state index is 5.91. The van der Waals surface area contributed by atoms with Gasteiger partial charge in [0.15, 0.2) is 0 Å². The molecule has 15 heavy (non-hydrogen) atoms. The Morgan fingerprint density at radius 3 is 2.87 bits per heavy atom. The minimum absolute atomic E-state index is 0.384. The van der Waals surface area contributed by atoms with Crippen molar-refractivity contribution in [3.63, 3.8) is 0 Å². The first-order valence-electron chi connectivity index (χ1n) is 6.24. The average molecular weight is 214 g/mol. The summed E-state index contributed by atoms with van der Waals surface area (Å²) in [5, 5.41) is 0. The van der Waals surface area contributed by atoms with E-state index in [9.17, 15) is 0 Å². The highest BCUT2D eigenvalue weighted by Gasteiger charge is 2.15. The molecule has 0 bridgehead atoms. The molecule has 1 aliphatic heterocycles. The molecule has 0 aromatic rings. The van der Waals surface area contributed by atoms with Gasteiger partial charge in [0.1, 0.15) is 0 Å². The average Bonchev–Trinajstić information content (AvgIpc) is 2.17. The third-order valence-corrected chi connectivity index (χ3v) is 2.93. The molecule has 0 radical (unpaired) electrons. The Balaban J connectivity index is 1.95. The Hall–Kier alpha value is -0.120. The van der Waals surface area contributed by atoms with Crippen LogP contribution in [0.2, 0.25) is 0 Å². The molecule has 0 aromatic heterocycles. The van der Waals surface area contributed by atoms with E-state index in [1.54, 1.807) is 0 Å². The van der Waals surface area contributed by atoms with Gasteiger partial charge in [-0.05, 0) is 31.7 Å². The number of ether oxygens (including phenoxy) is 1. The fourth-order valence-corrected chi connectivity index (χ4v) is 1.91. The van der Waals surface area contributed by atoms with E-state index in [1.165, 1.54) is 25.8 Å². The molecule has 1 atom stereocenters. The highest BCUT2D eigenvalue weighted by atomic mass is 16.5. The van der Waals surface area contributed by atoms with E-state index in [0.29, 0.717) is 6.04 Å². The number of piperidine rings is 1. The van der Waals surface area contributed by atoms with Gasteiger partial charge in [0.2, 0.25) is 0 Å². The van der Waals surface area contributed by atoms with Crippen LogP contribution in [0.3, 0.4) is 0 Å². The van der Waals surface area contributed by atoms with Crippen molar-refractivity contribution in [2.45, 2.75) is 39.2 Å². The van der Waals surface area contributed by atoms with E-state index in [1.807, 2.05) is 0 Å². The van der Waals surface area contributed by atoms with Crippen molar-refractivity contribution in [3.05, 3.63) is 0 Å². The Bertz CT molecular complexity index is 162. The van der Waals surface area contributed by atoms with Gasteiger partial charge in [-0.3, -0.25) is 4.90 Å². The smallest absolute Gasteiger partial charge is 0.0593 e. The molecule has 0 aliphatic carbocycles. The van der Waals surface area contributed by atoms with Crippen molar-refractivity contribution < 1.29 is 4.74 Å². The molecular formula is C12H26N2O. The number of nitrogens with zero attached hydrogens (tertiary/aromatic N) is 1. The van der Waals surface area contributed by atoms with E-state index < -0.39 is 0 Å². The Morgan fingerprint density at radius 2 is 2.20 bits per heavy atom. The van der Waals surface area contributed by atoms with Crippen molar-refractivity contribution in [3.8, 4) is 0 Å². The zero-order valence-corrected chi connectivity index (χ0v) is 10.2. The summed E-state index contributed by atoms with van der Waals surface area (Å²) in [6, 6.07) is 0.384. The summed E-state index contributed by atoms with van der Waals surface area (Å²) in [6.07, 6.45) is 3.59. The molecule has 2 N–H and O–H groups in total. The highest BCUT2D eigenvalue weighted by Crippen LogP contribution is 2.07. The molecule has 0 aromatic carbocycles. The van der Waals surface area contributed by atoms with Gasteiger partial charge >= 0.3 is 0 Å². The van der Waals surface area contributed by atoms with Crippen LogP contribution in [-0.2, 0) is 4.74 Å². The monoisotopic (exact) mass is 214 g/mol. The van der Waals surface area contributed by atoms with Crippen molar-refractivity contribution >= 4 is 0 Å². The largest absolute Gasteiger partial charge is 0.380 e. The SMILES string of the molecule is CC(C)CCOCCN1CCC[C@@H](N)C1. The molecule has 0 saturated carbocycles. The van der Waals surface area contributed by atoms with Crippen molar-refractivity contribution in [2.75, 3.05) is 32.8 Å². The molecule has 1 fully saturated rings. The third kappa shape index (κ3) is 6.13. The lowest BCUT2D eigenvalue weighted by atomic mass is 10.1. The topological polar surface area (TPSA) is 38.5 Å². The van der Waals surface area contributed by atoms with E-state index >= 15 is 0 Å². The van der Waals surface area contributed by atoms with Gasteiger partial charge in [0, 0.05) is 25.7 Å². The minimum Gasteiger partial charge on any atom is -0.380 e. The molecule has 3 heteroatoms. The molecule has 1 heterocycles. The molecular weight excluding hydrogens is 188 g/mol. The fraction of sp³-hybridized carbons (Fsp3) is 1.00. The number of hydrogen-bond donors (Lipinski definition) is 1. The summed E-state index contributed by atoms with van der Waals surface area (Å²) in [5.74, 6) is 0.744. The van der Waals surface area contributed by atoms with Crippen LogP contribution in [0, 0.1) is 5.92 Å². The second-order valence-electron chi connectivity index (χ2n) is 5.00.